The fourth-order valence-electron chi connectivity index (χ4n) is 0.704. The van der Waals surface area contributed by atoms with Gasteiger partial charge in [-0.1, -0.05) is 0 Å². The Morgan fingerprint density at radius 2 is 2.10 bits per heavy atom. The van der Waals surface area contributed by atoms with E-state index in [2.05, 4.69) is 35.2 Å². The van der Waals surface area contributed by atoms with Crippen LogP contribution in [0.15, 0.2) is 20.6 Å². The largest absolute Gasteiger partial charge is 0.386 e. The molecule has 0 aromatic carbocycles. The first kappa shape index (κ1) is 8.58. The zero-order valence-electron chi connectivity index (χ0n) is 5.03. The number of aliphatic hydroxyl groups excluding tert-OH is 2. The van der Waals surface area contributed by atoms with Gasteiger partial charge in [0, 0.05) is 8.48 Å². The molecule has 0 heterocycles. The molecule has 0 fully saturated rings. The minimum atomic E-state index is -0.846. The topological polar surface area (TPSA) is 40.5 Å². The molecule has 0 saturated heterocycles. The molecule has 0 aromatic rings. The summed E-state index contributed by atoms with van der Waals surface area (Å²) in [6.07, 6.45) is 1.66. The van der Waals surface area contributed by atoms with E-state index in [1.165, 1.54) is 0 Å². The minimum Gasteiger partial charge on any atom is -0.386 e. The molecule has 2 atom stereocenters. The van der Waals surface area contributed by atoms with Crippen molar-refractivity contribution in [3.63, 3.8) is 0 Å². The summed E-state index contributed by atoms with van der Waals surface area (Å²) >= 11 is 6.04. The Bertz CT molecular complexity index is 200. The Hall–Kier alpha value is 0.480. The average Bonchev–Trinajstić information content (AvgIpc) is 1.82. The second kappa shape index (κ2) is 3.25. The standard InChI is InChI=1S/C6H7IO2S/c7-3-1-4(8)6(9)5(10)2-3/h1-2,4,6,8-10H/t4-,6-/m1/s1. The molecule has 0 saturated carbocycles. The van der Waals surface area contributed by atoms with Crippen LogP contribution in [0.4, 0.5) is 0 Å². The highest BCUT2D eigenvalue weighted by atomic mass is 127. The van der Waals surface area contributed by atoms with Crippen molar-refractivity contribution >= 4 is 35.2 Å². The maximum absolute atomic E-state index is 9.12. The zero-order chi connectivity index (χ0) is 7.72. The van der Waals surface area contributed by atoms with E-state index in [-0.39, 0.29) is 0 Å². The lowest BCUT2D eigenvalue weighted by Crippen LogP contribution is -2.26. The van der Waals surface area contributed by atoms with Gasteiger partial charge in [0.1, 0.15) is 12.2 Å². The predicted molar refractivity (Wildman–Crippen MR) is 51.2 cm³/mol. The van der Waals surface area contributed by atoms with E-state index in [9.17, 15) is 0 Å². The van der Waals surface area contributed by atoms with Crippen LogP contribution in [0.5, 0.6) is 0 Å². The van der Waals surface area contributed by atoms with Crippen LogP contribution >= 0.6 is 35.2 Å². The number of thiol groups is 1. The Morgan fingerprint density at radius 3 is 2.60 bits per heavy atom. The molecule has 4 heteroatoms. The van der Waals surface area contributed by atoms with Crippen LogP contribution in [0.25, 0.3) is 0 Å². The molecule has 56 valence electrons. The van der Waals surface area contributed by atoms with E-state index >= 15 is 0 Å². The Morgan fingerprint density at radius 1 is 1.50 bits per heavy atom. The van der Waals surface area contributed by atoms with E-state index in [0.717, 1.165) is 3.58 Å². The Kier molecular flexibility index (Phi) is 2.79. The number of hydrogen-bond acceptors (Lipinski definition) is 3. The summed E-state index contributed by atoms with van der Waals surface area (Å²) in [4.78, 5) is 0.513. The predicted octanol–water partition coefficient (Wildman–Crippen LogP) is 0.854. The van der Waals surface area contributed by atoms with Crippen LogP contribution in [0.2, 0.25) is 0 Å². The molecule has 0 aromatic heterocycles. The quantitative estimate of drug-likeness (QED) is 0.451. The highest BCUT2D eigenvalue weighted by molar-refractivity contribution is 14.1. The molecule has 0 bridgehead atoms. The molecule has 0 radical (unpaired) electrons. The number of aliphatic hydroxyl groups is 2. The minimum absolute atomic E-state index is 0.513. The summed E-state index contributed by atoms with van der Waals surface area (Å²) in [5.74, 6) is 0. The monoisotopic (exact) mass is 270 g/mol. The van der Waals surface area contributed by atoms with Crippen molar-refractivity contribution in [3.05, 3.63) is 20.6 Å². The van der Waals surface area contributed by atoms with Crippen LogP contribution in [0.1, 0.15) is 0 Å². The lowest BCUT2D eigenvalue weighted by atomic mass is 10.1. The van der Waals surface area contributed by atoms with Crippen LogP contribution in [-0.2, 0) is 0 Å². The number of hydrogen-bond donors (Lipinski definition) is 3. The molecule has 2 nitrogen and oxygen atoms in total. The maximum Gasteiger partial charge on any atom is 0.114 e. The van der Waals surface area contributed by atoms with Gasteiger partial charge in [0.15, 0.2) is 0 Å². The molecular formula is C6H7IO2S. The van der Waals surface area contributed by atoms with Gasteiger partial charge in [-0.3, -0.25) is 0 Å². The van der Waals surface area contributed by atoms with Gasteiger partial charge in [-0.15, -0.1) is 12.6 Å². The second-order valence-corrected chi connectivity index (χ2v) is 3.82. The van der Waals surface area contributed by atoms with Gasteiger partial charge in [-0.25, -0.2) is 0 Å². The third kappa shape index (κ3) is 1.75. The van der Waals surface area contributed by atoms with E-state index < -0.39 is 12.2 Å². The summed E-state index contributed by atoms with van der Waals surface area (Å²) in [5, 5.41) is 18.2. The first-order chi connectivity index (χ1) is 4.61. The third-order valence-corrected chi connectivity index (χ3v) is 2.31. The second-order valence-electron chi connectivity index (χ2n) is 2.06. The highest BCUT2D eigenvalue weighted by Gasteiger charge is 2.20. The molecule has 1 aliphatic carbocycles. The number of rotatable bonds is 0. The van der Waals surface area contributed by atoms with Crippen molar-refractivity contribution in [1.29, 1.82) is 0 Å². The highest BCUT2D eigenvalue weighted by Crippen LogP contribution is 2.24. The molecule has 2 N–H and O–H groups in total. The summed E-state index contributed by atoms with van der Waals surface area (Å²) < 4.78 is 0.903. The smallest absolute Gasteiger partial charge is 0.114 e. The lowest BCUT2D eigenvalue weighted by molar-refractivity contribution is 0.0770. The Balaban J connectivity index is 2.85. The van der Waals surface area contributed by atoms with Crippen LogP contribution in [0.3, 0.4) is 0 Å². The summed E-state index contributed by atoms with van der Waals surface area (Å²) in [5.41, 5.74) is 0. The summed E-state index contributed by atoms with van der Waals surface area (Å²) in [6.45, 7) is 0. The maximum atomic E-state index is 9.12. The number of allylic oxidation sites excluding steroid dienone is 2. The van der Waals surface area contributed by atoms with Gasteiger partial charge >= 0.3 is 0 Å². The first-order valence-corrected chi connectivity index (χ1v) is 4.28. The molecule has 0 unspecified atom stereocenters. The van der Waals surface area contributed by atoms with Crippen molar-refractivity contribution in [3.8, 4) is 0 Å². The Labute approximate surface area is 78.2 Å². The van der Waals surface area contributed by atoms with E-state index in [1.54, 1.807) is 12.2 Å². The molecule has 10 heavy (non-hydrogen) atoms. The zero-order valence-corrected chi connectivity index (χ0v) is 8.08. The fraction of sp³-hybridized carbons (Fsp3) is 0.333. The van der Waals surface area contributed by atoms with Crippen molar-refractivity contribution in [2.75, 3.05) is 0 Å². The van der Waals surface area contributed by atoms with Gasteiger partial charge in [-0.05, 0) is 34.7 Å². The van der Waals surface area contributed by atoms with Gasteiger partial charge in [0.25, 0.3) is 0 Å². The number of halogens is 1. The van der Waals surface area contributed by atoms with Crippen LogP contribution < -0.4 is 0 Å². The van der Waals surface area contributed by atoms with E-state index in [1.807, 2.05) is 0 Å². The normalized spacial score (nSPS) is 33.2. The molecule has 0 spiro atoms. The molecule has 0 amide bonds. The molecule has 1 aliphatic rings. The summed E-state index contributed by atoms with van der Waals surface area (Å²) in [7, 11) is 0. The third-order valence-electron chi connectivity index (χ3n) is 1.24. The van der Waals surface area contributed by atoms with Crippen LogP contribution in [-0.4, -0.2) is 22.4 Å². The molecular weight excluding hydrogens is 263 g/mol. The van der Waals surface area contributed by atoms with Crippen molar-refractivity contribution in [2.24, 2.45) is 0 Å². The van der Waals surface area contributed by atoms with E-state index in [0.29, 0.717) is 4.91 Å². The molecule has 0 aliphatic heterocycles. The lowest BCUT2D eigenvalue weighted by Gasteiger charge is -2.18. The molecule has 1 rings (SSSR count). The van der Waals surface area contributed by atoms with Gasteiger partial charge < -0.3 is 10.2 Å². The first-order valence-electron chi connectivity index (χ1n) is 2.75. The van der Waals surface area contributed by atoms with Crippen molar-refractivity contribution in [1.82, 2.24) is 0 Å². The fourth-order valence-corrected chi connectivity index (χ4v) is 1.95. The van der Waals surface area contributed by atoms with Gasteiger partial charge in [-0.2, -0.15) is 0 Å². The van der Waals surface area contributed by atoms with Crippen LogP contribution in [0, 0.1) is 0 Å². The van der Waals surface area contributed by atoms with Gasteiger partial charge in [0.2, 0.25) is 0 Å². The SMILES string of the molecule is O[C@@H]1C=C(I)C=C(S)[C@@H]1O. The summed E-state index contributed by atoms with van der Waals surface area (Å²) in [6, 6.07) is 0. The van der Waals surface area contributed by atoms with Crippen molar-refractivity contribution < 1.29 is 10.2 Å². The van der Waals surface area contributed by atoms with E-state index in [4.69, 9.17) is 10.2 Å². The average molecular weight is 270 g/mol. The van der Waals surface area contributed by atoms with Crippen molar-refractivity contribution in [2.45, 2.75) is 12.2 Å². The van der Waals surface area contributed by atoms with Gasteiger partial charge in [0.05, 0.1) is 0 Å².